The Morgan fingerprint density at radius 1 is 0.941 bits per heavy atom. The lowest BCUT2D eigenvalue weighted by molar-refractivity contribution is 0.395. The molecule has 3 aromatic heterocycles. The van der Waals surface area contributed by atoms with Gasteiger partial charge >= 0.3 is 6.01 Å². The van der Waals surface area contributed by atoms with Gasteiger partial charge in [0.1, 0.15) is 11.5 Å². The average Bonchev–Trinajstić information content (AvgIpc) is 3.49. The van der Waals surface area contributed by atoms with Gasteiger partial charge in [0.15, 0.2) is 0 Å². The third-order valence-electron chi connectivity index (χ3n) is 5.20. The molecule has 1 N–H and O–H groups in total. The predicted molar refractivity (Wildman–Crippen MR) is 130 cm³/mol. The van der Waals surface area contributed by atoms with Gasteiger partial charge in [0, 0.05) is 31.1 Å². The second kappa shape index (κ2) is 8.85. The molecular formula is C23H18Cl2N6O3. The molecule has 0 saturated carbocycles. The summed E-state index contributed by atoms with van der Waals surface area (Å²) in [6.45, 7) is 0. The molecule has 5 rings (SSSR count). The molecule has 5 aromatic rings. The molecular weight excluding hydrogens is 479 g/mol. The van der Waals surface area contributed by atoms with Gasteiger partial charge in [0.05, 0.1) is 46.8 Å². The van der Waals surface area contributed by atoms with E-state index in [1.165, 1.54) is 0 Å². The number of halogens is 2. The van der Waals surface area contributed by atoms with Crippen molar-refractivity contribution in [2.75, 3.05) is 26.6 Å². The first-order valence-electron chi connectivity index (χ1n) is 10.1. The molecule has 0 atom stereocenters. The summed E-state index contributed by atoms with van der Waals surface area (Å²) in [4.78, 5) is 9.42. The van der Waals surface area contributed by atoms with Crippen LogP contribution in [0.5, 0.6) is 11.5 Å². The molecule has 2 aromatic carbocycles. The van der Waals surface area contributed by atoms with Crippen molar-refractivity contribution in [3.05, 3.63) is 58.8 Å². The van der Waals surface area contributed by atoms with Gasteiger partial charge in [-0.25, -0.2) is 9.97 Å². The summed E-state index contributed by atoms with van der Waals surface area (Å²) in [5, 5.41) is 12.0. The van der Waals surface area contributed by atoms with Crippen LogP contribution >= 0.6 is 23.2 Å². The SMILES string of the molecule is CNc1nnc(-c2cc(OC)cc(OC)c2-c2cn3ccc(-c4c(Cl)cccc4Cl)nc3n2)o1. The van der Waals surface area contributed by atoms with Crippen LogP contribution in [0.15, 0.2) is 53.2 Å². The Balaban J connectivity index is 1.70. The third kappa shape index (κ3) is 3.78. The van der Waals surface area contributed by atoms with Crippen molar-refractivity contribution in [1.29, 1.82) is 0 Å². The number of nitrogens with zero attached hydrogens (tertiary/aromatic N) is 5. The summed E-state index contributed by atoms with van der Waals surface area (Å²) >= 11 is 12.8. The van der Waals surface area contributed by atoms with Gasteiger partial charge in [-0.3, -0.25) is 4.40 Å². The number of aromatic nitrogens is 5. The highest BCUT2D eigenvalue weighted by Crippen LogP contribution is 2.42. The molecule has 0 spiro atoms. The molecule has 0 fully saturated rings. The summed E-state index contributed by atoms with van der Waals surface area (Å²) in [5.74, 6) is 1.83. The molecule has 11 heteroatoms. The van der Waals surface area contributed by atoms with Crippen LogP contribution in [0.3, 0.4) is 0 Å². The minimum Gasteiger partial charge on any atom is -0.497 e. The van der Waals surface area contributed by atoms with Crippen LogP contribution < -0.4 is 14.8 Å². The van der Waals surface area contributed by atoms with E-state index in [4.69, 9.17) is 42.1 Å². The zero-order chi connectivity index (χ0) is 23.8. The first kappa shape index (κ1) is 22.0. The second-order valence-corrected chi connectivity index (χ2v) is 7.97. The number of anilines is 1. The van der Waals surface area contributed by atoms with Crippen molar-refractivity contribution < 1.29 is 13.9 Å². The summed E-state index contributed by atoms with van der Waals surface area (Å²) in [7, 11) is 4.84. The molecule has 0 radical (unpaired) electrons. The summed E-state index contributed by atoms with van der Waals surface area (Å²) < 4.78 is 18.6. The van der Waals surface area contributed by atoms with Gasteiger partial charge in [0.25, 0.3) is 5.89 Å². The maximum atomic E-state index is 6.38. The first-order chi connectivity index (χ1) is 16.5. The topological polar surface area (TPSA) is 99.6 Å². The Bertz CT molecular complexity index is 1490. The molecule has 9 nitrogen and oxygen atoms in total. The Morgan fingerprint density at radius 3 is 2.38 bits per heavy atom. The van der Waals surface area contributed by atoms with Gasteiger partial charge < -0.3 is 19.2 Å². The first-order valence-corrected chi connectivity index (χ1v) is 10.9. The highest BCUT2D eigenvalue weighted by atomic mass is 35.5. The number of fused-ring (bicyclic) bond motifs is 1. The Kier molecular flexibility index (Phi) is 5.72. The lowest BCUT2D eigenvalue weighted by atomic mass is 10.0. The third-order valence-corrected chi connectivity index (χ3v) is 5.83. The van der Waals surface area contributed by atoms with E-state index in [1.807, 2.05) is 18.5 Å². The number of rotatable bonds is 6. The molecule has 0 bridgehead atoms. The number of benzene rings is 2. The van der Waals surface area contributed by atoms with Gasteiger partial charge in [-0.2, -0.15) is 0 Å². The van der Waals surface area contributed by atoms with Crippen molar-refractivity contribution in [2.24, 2.45) is 0 Å². The number of methoxy groups -OCH3 is 2. The van der Waals surface area contributed by atoms with Crippen molar-refractivity contribution in [3.63, 3.8) is 0 Å². The number of nitrogens with one attached hydrogen (secondary N) is 1. The average molecular weight is 497 g/mol. The Labute approximate surface area is 204 Å². The molecule has 0 saturated heterocycles. The van der Waals surface area contributed by atoms with Crippen LogP contribution in [0.2, 0.25) is 10.0 Å². The Hall–Kier alpha value is -3.82. The normalized spacial score (nSPS) is 11.1. The van der Waals surface area contributed by atoms with E-state index >= 15 is 0 Å². The highest BCUT2D eigenvalue weighted by molar-refractivity contribution is 6.39. The minimum atomic E-state index is 0.278. The van der Waals surface area contributed by atoms with Crippen molar-refractivity contribution >= 4 is 35.0 Å². The predicted octanol–water partition coefficient (Wildman–Crippen LogP) is 5.48. The van der Waals surface area contributed by atoms with Crippen LogP contribution in [0, 0.1) is 0 Å². The van der Waals surface area contributed by atoms with Crippen LogP contribution in [0.4, 0.5) is 6.01 Å². The monoisotopic (exact) mass is 496 g/mol. The van der Waals surface area contributed by atoms with E-state index in [1.54, 1.807) is 56.0 Å². The highest BCUT2D eigenvalue weighted by Gasteiger charge is 2.23. The van der Waals surface area contributed by atoms with Crippen molar-refractivity contribution in [2.45, 2.75) is 0 Å². The second-order valence-electron chi connectivity index (χ2n) is 7.16. The zero-order valence-electron chi connectivity index (χ0n) is 18.3. The summed E-state index contributed by atoms with van der Waals surface area (Å²) in [5.41, 5.74) is 3.10. The maximum Gasteiger partial charge on any atom is 0.315 e. The van der Waals surface area contributed by atoms with E-state index < -0.39 is 0 Å². The van der Waals surface area contributed by atoms with Gasteiger partial charge in [-0.1, -0.05) is 34.4 Å². The fourth-order valence-electron chi connectivity index (χ4n) is 3.61. The largest absolute Gasteiger partial charge is 0.497 e. The van der Waals surface area contributed by atoms with Gasteiger partial charge in [-0.15, -0.1) is 5.10 Å². The van der Waals surface area contributed by atoms with Crippen LogP contribution in [0.25, 0.3) is 39.7 Å². The maximum absolute atomic E-state index is 6.38. The number of imidazole rings is 1. The molecule has 3 heterocycles. The quantitative estimate of drug-likeness (QED) is 0.329. The van der Waals surface area contributed by atoms with Crippen LogP contribution in [0.1, 0.15) is 0 Å². The molecule has 0 aliphatic carbocycles. The number of hydrogen-bond acceptors (Lipinski definition) is 8. The van der Waals surface area contributed by atoms with E-state index in [2.05, 4.69) is 20.5 Å². The van der Waals surface area contributed by atoms with E-state index in [-0.39, 0.29) is 11.9 Å². The summed E-state index contributed by atoms with van der Waals surface area (Å²) in [6.07, 6.45) is 3.68. The molecule has 172 valence electrons. The van der Waals surface area contributed by atoms with Crippen LogP contribution in [-0.2, 0) is 0 Å². The molecule has 34 heavy (non-hydrogen) atoms. The van der Waals surface area contributed by atoms with E-state index in [0.717, 1.165) is 0 Å². The zero-order valence-corrected chi connectivity index (χ0v) is 19.8. The van der Waals surface area contributed by atoms with Crippen molar-refractivity contribution in [1.82, 2.24) is 24.6 Å². The smallest absolute Gasteiger partial charge is 0.315 e. The Morgan fingerprint density at radius 2 is 1.71 bits per heavy atom. The molecule has 0 aliphatic rings. The van der Waals surface area contributed by atoms with E-state index in [9.17, 15) is 0 Å². The molecule has 0 unspecified atom stereocenters. The van der Waals surface area contributed by atoms with E-state index in [0.29, 0.717) is 55.4 Å². The number of ether oxygens (including phenoxy) is 2. The lowest BCUT2D eigenvalue weighted by Gasteiger charge is -2.12. The fourth-order valence-corrected chi connectivity index (χ4v) is 4.20. The summed E-state index contributed by atoms with van der Waals surface area (Å²) in [6, 6.07) is 11.0. The molecule has 0 amide bonds. The standard InChI is InChI=1S/C23H18Cl2N6O3/c1-26-23-30-29-21(34-23)13-9-12(32-2)10-18(33-3)19(13)17-11-31-8-7-16(27-22(31)28-17)20-14(24)5-4-6-15(20)25/h4-11H,1-3H3,(H,26,30). The van der Waals surface area contributed by atoms with Crippen molar-refractivity contribution in [3.8, 4) is 45.5 Å². The fraction of sp³-hybridized carbons (Fsp3) is 0.130. The minimum absolute atomic E-state index is 0.278. The molecule has 0 aliphatic heterocycles. The number of hydrogen-bond donors (Lipinski definition) is 1. The van der Waals surface area contributed by atoms with Crippen LogP contribution in [-0.4, -0.2) is 45.8 Å². The van der Waals surface area contributed by atoms with Gasteiger partial charge in [-0.05, 0) is 24.3 Å². The lowest BCUT2D eigenvalue weighted by Crippen LogP contribution is -1.95. The van der Waals surface area contributed by atoms with Gasteiger partial charge in [0.2, 0.25) is 5.78 Å².